The lowest BCUT2D eigenvalue weighted by molar-refractivity contribution is -0.277. The topological polar surface area (TPSA) is 269 Å². The first kappa shape index (κ1) is 33.6. The first-order valence-corrected chi connectivity index (χ1v) is 15.5. The Kier molecular flexibility index (Phi) is 8.04. The average molecular weight is 701 g/mol. The predicted octanol–water partition coefficient (Wildman–Crippen LogP) is 1.43. The predicted molar refractivity (Wildman–Crippen MR) is 170 cm³/mol. The number of benzene rings is 4. The summed E-state index contributed by atoms with van der Waals surface area (Å²) in [6.45, 7) is -0.775. The van der Waals surface area contributed by atoms with Crippen LogP contribution in [0.4, 0.5) is 0 Å². The van der Waals surface area contributed by atoms with E-state index in [-0.39, 0.29) is 50.3 Å². The largest absolute Gasteiger partial charge is 0.507 e. The van der Waals surface area contributed by atoms with Crippen LogP contribution in [0.25, 0.3) is 0 Å². The molecule has 15 nitrogen and oxygen atoms in total. The maximum atomic E-state index is 14.4. The van der Waals surface area contributed by atoms with Gasteiger partial charge in [-0.15, -0.1) is 0 Å². The van der Waals surface area contributed by atoms with Gasteiger partial charge in [0.25, 0.3) is 0 Å². The number of fused-ring (bicyclic) bond motifs is 4. The van der Waals surface area contributed by atoms with Gasteiger partial charge in [0, 0.05) is 11.8 Å². The lowest BCUT2D eigenvalue weighted by Crippen LogP contribution is -2.60. The highest BCUT2D eigenvalue weighted by Gasteiger charge is 2.48. The first-order valence-electron chi connectivity index (χ1n) is 15.5. The lowest BCUT2D eigenvalue weighted by Gasteiger charge is -2.41. The van der Waals surface area contributed by atoms with Crippen molar-refractivity contribution in [3.8, 4) is 23.0 Å². The number of carbonyl (C=O) groups is 4. The van der Waals surface area contributed by atoms with E-state index in [2.05, 4.69) is 0 Å². The number of aromatic carboxylic acids is 2. The molecule has 7 atom stereocenters. The molecule has 2 aliphatic carbocycles. The maximum absolute atomic E-state index is 14.4. The smallest absolute Gasteiger partial charge is 0.335 e. The summed E-state index contributed by atoms with van der Waals surface area (Å²) >= 11 is 0. The van der Waals surface area contributed by atoms with Crippen molar-refractivity contribution in [2.24, 2.45) is 0 Å². The summed E-state index contributed by atoms with van der Waals surface area (Å²) in [6.07, 6.45) is -8.55. The summed E-state index contributed by atoms with van der Waals surface area (Å²) in [4.78, 5) is 52.6. The molecule has 1 heterocycles. The summed E-state index contributed by atoms with van der Waals surface area (Å²) in [5, 5.41) is 94.1. The number of phenols is 3. The SMILES string of the molecule is O=C(O)c1cc(O)c2c(c1)[C@H]([C@H]1c3cc(C(=O)O)cc(O)c3C(=O)c3c(O[C@@H]4O[C@H](CO)[C@@H](O)[C@H](O)[C@H]4O)cccc31)c1cccc(O)c1C2=O. The fourth-order valence-corrected chi connectivity index (χ4v) is 7.34. The van der Waals surface area contributed by atoms with Crippen molar-refractivity contribution in [2.45, 2.75) is 42.5 Å². The number of hydrogen-bond acceptors (Lipinski definition) is 13. The van der Waals surface area contributed by atoms with Gasteiger partial charge in [-0.1, -0.05) is 24.3 Å². The van der Waals surface area contributed by atoms with Crippen LogP contribution in [-0.2, 0) is 4.74 Å². The molecule has 0 amide bonds. The van der Waals surface area contributed by atoms with Crippen LogP contribution in [0.1, 0.15) is 86.6 Å². The molecule has 1 fully saturated rings. The number of aliphatic hydroxyl groups is 4. The summed E-state index contributed by atoms with van der Waals surface area (Å²) in [5.74, 6) is -9.35. The Balaban J connectivity index is 1.52. The van der Waals surface area contributed by atoms with Crippen molar-refractivity contribution < 1.29 is 74.6 Å². The van der Waals surface area contributed by atoms with Crippen molar-refractivity contribution in [2.75, 3.05) is 6.61 Å². The van der Waals surface area contributed by atoms with Crippen LogP contribution in [0.15, 0.2) is 60.7 Å². The second-order valence-corrected chi connectivity index (χ2v) is 12.4. The second-order valence-electron chi connectivity index (χ2n) is 12.4. The van der Waals surface area contributed by atoms with Crippen LogP contribution in [0.3, 0.4) is 0 Å². The van der Waals surface area contributed by atoms with E-state index >= 15 is 0 Å². The quantitative estimate of drug-likeness (QED) is 0.138. The molecule has 1 saturated heterocycles. The van der Waals surface area contributed by atoms with Gasteiger partial charge in [-0.3, -0.25) is 9.59 Å². The molecule has 0 bridgehead atoms. The highest BCUT2D eigenvalue weighted by atomic mass is 16.7. The van der Waals surface area contributed by atoms with Gasteiger partial charge in [-0.05, 0) is 58.7 Å². The second kappa shape index (κ2) is 12.2. The van der Waals surface area contributed by atoms with E-state index < -0.39 is 101 Å². The lowest BCUT2D eigenvalue weighted by atomic mass is 9.63. The van der Waals surface area contributed by atoms with Crippen molar-refractivity contribution in [3.05, 3.63) is 116 Å². The van der Waals surface area contributed by atoms with Crippen LogP contribution in [0.5, 0.6) is 23.0 Å². The fourth-order valence-electron chi connectivity index (χ4n) is 7.34. The molecule has 15 heteroatoms. The van der Waals surface area contributed by atoms with Gasteiger partial charge < -0.3 is 55.4 Å². The monoisotopic (exact) mass is 700 g/mol. The molecule has 9 N–H and O–H groups in total. The summed E-state index contributed by atoms with van der Waals surface area (Å²) < 4.78 is 11.4. The molecule has 262 valence electrons. The van der Waals surface area contributed by atoms with Gasteiger partial charge in [0.2, 0.25) is 17.9 Å². The molecule has 3 aliphatic rings. The number of aromatic hydroxyl groups is 3. The zero-order chi connectivity index (χ0) is 36.6. The molecule has 1 aliphatic heterocycles. The van der Waals surface area contributed by atoms with Gasteiger partial charge in [0.05, 0.1) is 40.0 Å². The van der Waals surface area contributed by atoms with E-state index in [0.29, 0.717) is 0 Å². The van der Waals surface area contributed by atoms with Crippen molar-refractivity contribution in [1.29, 1.82) is 0 Å². The summed E-state index contributed by atoms with van der Waals surface area (Å²) in [7, 11) is 0. The third kappa shape index (κ3) is 5.09. The number of carboxylic acid groups (broad SMARTS) is 2. The number of ether oxygens (including phenoxy) is 2. The van der Waals surface area contributed by atoms with Gasteiger partial charge in [-0.25, -0.2) is 9.59 Å². The van der Waals surface area contributed by atoms with Gasteiger partial charge in [0.1, 0.15) is 47.4 Å². The van der Waals surface area contributed by atoms with E-state index in [1.807, 2.05) is 0 Å². The standard InChI is InChI=1S/C36H28O15/c37-11-22-29(41)32(44)33(45)36(51-22)50-21-6-2-4-15-24(17-8-13(35(48)49)10-20(40)27(17)31(43)28(15)21)23-14-3-1-5-18(38)25(14)30(42)26-16(23)7-12(34(46)47)9-19(26)39/h1-10,22-24,29,32-33,36-41,44-45H,11H2,(H,46,47)(H,48,49)/t22-,23-,24-,29-,32+,33-,36-/m1/s1. The van der Waals surface area contributed by atoms with Gasteiger partial charge in [-0.2, -0.15) is 0 Å². The Labute approximate surface area is 286 Å². The van der Waals surface area contributed by atoms with Crippen LogP contribution >= 0.6 is 0 Å². The molecular weight excluding hydrogens is 672 g/mol. The van der Waals surface area contributed by atoms with E-state index in [4.69, 9.17) is 9.47 Å². The third-order valence-corrected chi connectivity index (χ3v) is 9.60. The first-order chi connectivity index (χ1) is 24.2. The minimum absolute atomic E-state index is 0.0489. The number of carboxylic acids is 2. The molecule has 0 radical (unpaired) electrons. The van der Waals surface area contributed by atoms with Crippen molar-refractivity contribution in [3.63, 3.8) is 0 Å². The Morgan fingerprint density at radius 2 is 1.12 bits per heavy atom. The average Bonchev–Trinajstić information content (AvgIpc) is 3.08. The molecule has 0 spiro atoms. The molecule has 51 heavy (non-hydrogen) atoms. The Hall–Kier alpha value is -5.84. The number of aliphatic hydroxyl groups excluding tert-OH is 4. The zero-order valence-electron chi connectivity index (χ0n) is 26.0. The van der Waals surface area contributed by atoms with Crippen LogP contribution in [0, 0.1) is 0 Å². The van der Waals surface area contributed by atoms with Crippen LogP contribution in [0.2, 0.25) is 0 Å². The summed E-state index contributed by atoms with van der Waals surface area (Å²) in [5.41, 5.74) is -1.98. The highest BCUT2D eigenvalue weighted by molar-refractivity contribution is 6.18. The van der Waals surface area contributed by atoms with Crippen LogP contribution in [-0.4, -0.2) is 107 Å². The molecule has 0 saturated carbocycles. The fraction of sp³-hybridized carbons (Fsp3) is 0.222. The number of rotatable bonds is 6. The summed E-state index contributed by atoms with van der Waals surface area (Å²) in [6, 6.07) is 12.3. The number of phenolic OH excluding ortho intramolecular Hbond substituents is 3. The molecular formula is C36H28O15. The van der Waals surface area contributed by atoms with Gasteiger partial charge in [0.15, 0.2) is 0 Å². The van der Waals surface area contributed by atoms with Crippen molar-refractivity contribution >= 4 is 23.5 Å². The number of hydrogen-bond donors (Lipinski definition) is 9. The molecule has 4 aromatic carbocycles. The maximum Gasteiger partial charge on any atom is 0.335 e. The third-order valence-electron chi connectivity index (χ3n) is 9.60. The molecule has 0 unspecified atom stereocenters. The normalized spacial score (nSPS) is 24.9. The Morgan fingerprint density at radius 1 is 0.627 bits per heavy atom. The molecule has 4 aromatic rings. The zero-order valence-corrected chi connectivity index (χ0v) is 26.0. The molecule has 0 aromatic heterocycles. The van der Waals surface area contributed by atoms with Crippen molar-refractivity contribution in [1.82, 2.24) is 0 Å². The van der Waals surface area contributed by atoms with Gasteiger partial charge >= 0.3 is 11.9 Å². The van der Waals surface area contributed by atoms with E-state index in [1.54, 1.807) is 0 Å². The van der Waals surface area contributed by atoms with Crippen LogP contribution < -0.4 is 4.74 Å². The molecule has 7 rings (SSSR count). The minimum Gasteiger partial charge on any atom is -0.507 e. The Morgan fingerprint density at radius 3 is 1.65 bits per heavy atom. The minimum atomic E-state index is -1.88. The van der Waals surface area contributed by atoms with E-state index in [1.165, 1.54) is 36.4 Å². The highest BCUT2D eigenvalue weighted by Crippen LogP contribution is 2.56. The number of ketones is 2. The number of carbonyl (C=O) groups excluding carboxylic acids is 2. The Bertz CT molecular complexity index is 2170. The van der Waals surface area contributed by atoms with E-state index in [9.17, 15) is 65.1 Å². The van der Waals surface area contributed by atoms with E-state index in [0.717, 1.165) is 24.3 Å².